The van der Waals surface area contributed by atoms with E-state index in [0.717, 1.165) is 31.7 Å². The largest absolute Gasteiger partial charge is 0.497 e. The lowest BCUT2D eigenvalue weighted by Crippen LogP contribution is -2.49. The molecule has 1 N–H and O–H groups in total. The summed E-state index contributed by atoms with van der Waals surface area (Å²) in [5, 5.41) is 9.27. The van der Waals surface area contributed by atoms with Crippen LogP contribution in [0.15, 0.2) is 18.2 Å². The van der Waals surface area contributed by atoms with Gasteiger partial charge in [-0.1, -0.05) is 19.9 Å². The third-order valence-corrected chi connectivity index (χ3v) is 3.89. The monoisotopic (exact) mass is 263 g/mol. The average Bonchev–Trinajstić information content (AvgIpc) is 2.35. The molecule has 0 aromatic heterocycles. The molecule has 1 atom stereocenters. The van der Waals surface area contributed by atoms with Crippen molar-refractivity contribution in [1.29, 1.82) is 0 Å². The predicted molar refractivity (Wildman–Crippen MR) is 77.4 cm³/mol. The van der Waals surface area contributed by atoms with Gasteiger partial charge in [0.2, 0.25) is 0 Å². The first-order valence-electron chi connectivity index (χ1n) is 7.14. The number of hydrogen-bond acceptors (Lipinski definition) is 3. The molecule has 3 heteroatoms. The Balaban J connectivity index is 2.13. The van der Waals surface area contributed by atoms with Crippen molar-refractivity contribution < 1.29 is 9.84 Å². The van der Waals surface area contributed by atoms with Gasteiger partial charge >= 0.3 is 0 Å². The van der Waals surface area contributed by atoms with E-state index in [-0.39, 0.29) is 6.61 Å². The molecule has 0 amide bonds. The van der Waals surface area contributed by atoms with Gasteiger partial charge in [-0.15, -0.1) is 0 Å². The lowest BCUT2D eigenvalue weighted by atomic mass is 9.95. The van der Waals surface area contributed by atoms with E-state index in [0.29, 0.717) is 12.0 Å². The molecule has 3 nitrogen and oxygen atoms in total. The molecule has 0 aliphatic carbocycles. The summed E-state index contributed by atoms with van der Waals surface area (Å²) >= 11 is 0. The zero-order chi connectivity index (χ0) is 13.8. The van der Waals surface area contributed by atoms with Gasteiger partial charge in [0.25, 0.3) is 0 Å². The van der Waals surface area contributed by atoms with E-state index >= 15 is 0 Å². The molecule has 1 unspecified atom stereocenters. The first-order valence-corrected chi connectivity index (χ1v) is 7.14. The van der Waals surface area contributed by atoms with Crippen molar-refractivity contribution in [2.75, 3.05) is 20.3 Å². The predicted octanol–water partition coefficient (Wildman–Crippen LogP) is 2.46. The molecule has 1 fully saturated rings. The van der Waals surface area contributed by atoms with Crippen LogP contribution in [-0.4, -0.2) is 36.3 Å². The molecule has 0 bridgehead atoms. The lowest BCUT2D eigenvalue weighted by molar-refractivity contribution is 0.0354. The maximum atomic E-state index is 9.27. The van der Waals surface area contributed by atoms with Crippen LogP contribution in [0.5, 0.6) is 5.75 Å². The summed E-state index contributed by atoms with van der Waals surface area (Å²) in [6, 6.07) is 6.72. The van der Waals surface area contributed by atoms with Crippen LogP contribution in [0.2, 0.25) is 0 Å². The molecule has 19 heavy (non-hydrogen) atoms. The smallest absolute Gasteiger partial charge is 0.119 e. The first kappa shape index (κ1) is 14.4. The minimum atomic E-state index is 0.273. The van der Waals surface area contributed by atoms with E-state index < -0.39 is 0 Å². The molecule has 0 radical (unpaired) electrons. The van der Waals surface area contributed by atoms with E-state index in [2.05, 4.69) is 30.9 Å². The first-order chi connectivity index (χ1) is 9.13. The van der Waals surface area contributed by atoms with Crippen LogP contribution in [-0.2, 0) is 13.0 Å². The molecule has 1 heterocycles. The number of nitrogens with zero attached hydrogens (tertiary/aromatic N) is 1. The number of likely N-dealkylation sites (tertiary alicyclic amines) is 1. The van der Waals surface area contributed by atoms with Crippen molar-refractivity contribution in [3.05, 3.63) is 29.3 Å². The molecular weight excluding hydrogens is 238 g/mol. The van der Waals surface area contributed by atoms with E-state index in [1.165, 1.54) is 11.1 Å². The van der Waals surface area contributed by atoms with Gasteiger partial charge in [-0.05, 0) is 42.0 Å². The number of methoxy groups -OCH3 is 1. The quantitative estimate of drug-likeness (QED) is 0.856. The fourth-order valence-corrected chi connectivity index (χ4v) is 2.64. The van der Waals surface area contributed by atoms with E-state index in [4.69, 9.17) is 4.74 Å². The van der Waals surface area contributed by atoms with Crippen molar-refractivity contribution in [3.8, 4) is 5.75 Å². The second-order valence-corrected chi connectivity index (χ2v) is 5.83. The second-order valence-electron chi connectivity index (χ2n) is 5.83. The zero-order valence-electron chi connectivity index (χ0n) is 12.2. The second kappa shape index (κ2) is 6.40. The van der Waals surface area contributed by atoms with Crippen molar-refractivity contribution in [2.24, 2.45) is 5.92 Å². The van der Waals surface area contributed by atoms with Crippen LogP contribution in [0.1, 0.15) is 31.4 Å². The molecule has 1 aromatic carbocycles. The normalized spacial score (nSPS) is 19.5. The Labute approximate surface area is 116 Å². The highest BCUT2D eigenvalue weighted by Gasteiger charge is 2.27. The summed E-state index contributed by atoms with van der Waals surface area (Å²) in [4.78, 5) is 2.35. The minimum absolute atomic E-state index is 0.273. The highest BCUT2D eigenvalue weighted by molar-refractivity contribution is 5.36. The van der Waals surface area contributed by atoms with Gasteiger partial charge in [0, 0.05) is 19.1 Å². The number of aliphatic hydroxyl groups excluding tert-OH is 1. The van der Waals surface area contributed by atoms with Crippen molar-refractivity contribution in [1.82, 2.24) is 4.90 Å². The Morgan fingerprint density at radius 2 is 2.16 bits per heavy atom. The third kappa shape index (κ3) is 3.48. The lowest BCUT2D eigenvalue weighted by Gasteiger charge is -2.40. The van der Waals surface area contributed by atoms with E-state index in [1.54, 1.807) is 7.11 Å². The van der Waals surface area contributed by atoms with Crippen molar-refractivity contribution in [2.45, 2.75) is 39.3 Å². The molecule has 0 spiro atoms. The molecule has 0 saturated carbocycles. The van der Waals surface area contributed by atoms with Crippen LogP contribution in [0, 0.1) is 5.92 Å². The van der Waals surface area contributed by atoms with Gasteiger partial charge in [0.15, 0.2) is 0 Å². The fourth-order valence-electron chi connectivity index (χ4n) is 2.64. The van der Waals surface area contributed by atoms with Gasteiger partial charge < -0.3 is 9.84 Å². The van der Waals surface area contributed by atoms with Gasteiger partial charge in [0.1, 0.15) is 5.75 Å². The Morgan fingerprint density at radius 1 is 1.37 bits per heavy atom. The molecule has 1 aromatic rings. The minimum Gasteiger partial charge on any atom is -0.497 e. The summed E-state index contributed by atoms with van der Waals surface area (Å²) in [7, 11) is 1.71. The molecule has 1 aliphatic heterocycles. The molecule has 106 valence electrons. The highest BCUT2D eigenvalue weighted by Crippen LogP contribution is 2.25. The van der Waals surface area contributed by atoms with Crippen LogP contribution < -0.4 is 4.74 Å². The SMILES string of the molecule is COc1ccc(CN2CCC2CO)c(CC(C)C)c1. The maximum absolute atomic E-state index is 9.27. The Kier molecular flexibility index (Phi) is 4.83. The number of benzene rings is 1. The van der Waals surface area contributed by atoms with Crippen LogP contribution >= 0.6 is 0 Å². The molecular formula is C16H25NO2. The van der Waals surface area contributed by atoms with Gasteiger partial charge in [-0.3, -0.25) is 4.90 Å². The summed E-state index contributed by atoms with van der Waals surface area (Å²) in [6.07, 6.45) is 2.19. The van der Waals surface area contributed by atoms with Gasteiger partial charge in [-0.2, -0.15) is 0 Å². The van der Waals surface area contributed by atoms with E-state index in [1.807, 2.05) is 6.07 Å². The molecule has 2 rings (SSSR count). The zero-order valence-corrected chi connectivity index (χ0v) is 12.2. The Hall–Kier alpha value is -1.06. The third-order valence-electron chi connectivity index (χ3n) is 3.89. The summed E-state index contributed by atoms with van der Waals surface area (Å²) in [5.74, 6) is 1.57. The Morgan fingerprint density at radius 3 is 2.68 bits per heavy atom. The number of ether oxygens (including phenoxy) is 1. The van der Waals surface area contributed by atoms with Gasteiger partial charge in [0.05, 0.1) is 13.7 Å². The molecule has 1 aliphatic rings. The van der Waals surface area contributed by atoms with Crippen LogP contribution in [0.3, 0.4) is 0 Å². The number of rotatable bonds is 6. The summed E-state index contributed by atoms with van der Waals surface area (Å²) < 4.78 is 5.33. The summed E-state index contributed by atoms with van der Waals surface area (Å²) in [6.45, 7) is 6.79. The maximum Gasteiger partial charge on any atom is 0.119 e. The van der Waals surface area contributed by atoms with Crippen molar-refractivity contribution >= 4 is 0 Å². The van der Waals surface area contributed by atoms with Crippen LogP contribution in [0.4, 0.5) is 0 Å². The number of hydrogen-bond donors (Lipinski definition) is 1. The fraction of sp³-hybridized carbons (Fsp3) is 0.625. The molecule has 1 saturated heterocycles. The topological polar surface area (TPSA) is 32.7 Å². The van der Waals surface area contributed by atoms with E-state index in [9.17, 15) is 5.11 Å². The van der Waals surface area contributed by atoms with Crippen LogP contribution in [0.25, 0.3) is 0 Å². The average molecular weight is 263 g/mol. The van der Waals surface area contributed by atoms with Gasteiger partial charge in [-0.25, -0.2) is 0 Å². The number of aliphatic hydroxyl groups is 1. The standard InChI is InChI=1S/C16H25NO2/c1-12(2)8-14-9-16(19-3)5-4-13(14)10-17-7-6-15(17)11-18/h4-5,9,12,15,18H,6-8,10-11H2,1-3H3. The summed E-state index contributed by atoms with van der Waals surface area (Å²) in [5.41, 5.74) is 2.74. The Bertz CT molecular complexity index is 415. The van der Waals surface area contributed by atoms with Crippen molar-refractivity contribution in [3.63, 3.8) is 0 Å². The highest BCUT2D eigenvalue weighted by atomic mass is 16.5.